The Morgan fingerprint density at radius 3 is 2.67 bits per heavy atom. The van der Waals surface area contributed by atoms with Gasteiger partial charge in [0.1, 0.15) is 11.5 Å². The predicted octanol–water partition coefficient (Wildman–Crippen LogP) is 4.90. The van der Waals surface area contributed by atoms with E-state index in [2.05, 4.69) is 0 Å². The van der Waals surface area contributed by atoms with Gasteiger partial charge in [-0.15, -0.1) is 0 Å². The highest BCUT2D eigenvalue weighted by Crippen LogP contribution is 2.36. The Bertz CT molecular complexity index is 1230. The molecule has 0 bridgehead atoms. The van der Waals surface area contributed by atoms with E-state index in [9.17, 15) is 9.59 Å². The molecule has 0 N–H and O–H groups in total. The molecule has 0 atom stereocenters. The topological polar surface area (TPSA) is 71.1 Å². The minimum atomic E-state index is -0.565. The quantitative estimate of drug-likeness (QED) is 0.341. The molecule has 0 amide bonds. The number of ketones is 1. The number of carbonyl (C=O) groups excluding carboxylic acids is 2. The molecule has 6 nitrogen and oxygen atoms in total. The molecule has 0 radical (unpaired) electrons. The minimum absolute atomic E-state index is 0.119. The Balaban J connectivity index is 1.37. The molecule has 3 aromatic carbocycles. The second-order valence-electron chi connectivity index (χ2n) is 6.58. The SMILES string of the molecule is O=C(Oc1ccc2c(c1)OC(=Cc1ccccc1Cl)C2=O)c1ccc2c(c1)OCO2. The molecule has 3 aromatic rings. The number of esters is 1. The van der Waals surface area contributed by atoms with Gasteiger partial charge in [-0.2, -0.15) is 0 Å². The highest BCUT2D eigenvalue weighted by molar-refractivity contribution is 6.32. The van der Waals surface area contributed by atoms with Crippen molar-refractivity contribution >= 4 is 29.4 Å². The lowest BCUT2D eigenvalue weighted by Crippen LogP contribution is -2.08. The van der Waals surface area contributed by atoms with Crippen molar-refractivity contribution in [2.45, 2.75) is 0 Å². The van der Waals surface area contributed by atoms with Crippen LogP contribution >= 0.6 is 11.6 Å². The number of carbonyl (C=O) groups is 2. The Kier molecular flexibility index (Phi) is 4.41. The first-order valence-electron chi connectivity index (χ1n) is 9.03. The first kappa shape index (κ1) is 18.3. The summed E-state index contributed by atoms with van der Waals surface area (Å²) in [5, 5.41) is 0.510. The van der Waals surface area contributed by atoms with Gasteiger partial charge in [0.05, 0.1) is 11.1 Å². The zero-order valence-corrected chi connectivity index (χ0v) is 16.1. The van der Waals surface area contributed by atoms with E-state index in [-0.39, 0.29) is 24.1 Å². The molecule has 30 heavy (non-hydrogen) atoms. The molecule has 0 unspecified atom stereocenters. The zero-order valence-electron chi connectivity index (χ0n) is 15.4. The average Bonchev–Trinajstić information content (AvgIpc) is 3.33. The minimum Gasteiger partial charge on any atom is -0.454 e. The highest BCUT2D eigenvalue weighted by atomic mass is 35.5. The van der Waals surface area contributed by atoms with Crippen LogP contribution in [0.4, 0.5) is 0 Å². The van der Waals surface area contributed by atoms with Gasteiger partial charge in [-0.1, -0.05) is 29.8 Å². The van der Waals surface area contributed by atoms with Crippen molar-refractivity contribution in [3.05, 3.63) is 88.1 Å². The van der Waals surface area contributed by atoms with E-state index in [1.54, 1.807) is 54.6 Å². The van der Waals surface area contributed by atoms with E-state index < -0.39 is 5.97 Å². The molecule has 148 valence electrons. The Labute approximate surface area is 176 Å². The fourth-order valence-electron chi connectivity index (χ4n) is 3.15. The molecule has 0 fully saturated rings. The number of Topliss-reactive ketones (excluding diaryl/α,β-unsaturated/α-hetero) is 1. The van der Waals surface area contributed by atoms with Crippen LogP contribution in [0.25, 0.3) is 6.08 Å². The van der Waals surface area contributed by atoms with Crippen molar-refractivity contribution in [2.24, 2.45) is 0 Å². The molecule has 5 rings (SSSR count). The van der Waals surface area contributed by atoms with Gasteiger partial charge in [-0.25, -0.2) is 4.79 Å². The normalized spacial score (nSPS) is 15.1. The standard InChI is InChI=1S/C23H13ClO6/c24-17-4-2-1-3-13(17)9-21-22(25)16-7-6-15(11-19(16)30-21)29-23(26)14-5-8-18-20(10-14)28-12-27-18/h1-11H,12H2. The van der Waals surface area contributed by atoms with Crippen molar-refractivity contribution in [1.29, 1.82) is 0 Å². The number of fused-ring (bicyclic) bond motifs is 2. The molecule has 7 heteroatoms. The molecule has 0 saturated heterocycles. The number of allylic oxidation sites excluding steroid dienone is 1. The van der Waals surface area contributed by atoms with Crippen molar-refractivity contribution in [2.75, 3.05) is 6.79 Å². The fraction of sp³-hybridized carbons (Fsp3) is 0.0435. The molecule has 0 aliphatic carbocycles. The van der Waals surface area contributed by atoms with Crippen LogP contribution in [0.3, 0.4) is 0 Å². The second kappa shape index (κ2) is 7.24. The molecule has 0 aromatic heterocycles. The second-order valence-corrected chi connectivity index (χ2v) is 6.98. The maximum atomic E-state index is 12.6. The van der Waals surface area contributed by atoms with Crippen LogP contribution in [-0.2, 0) is 0 Å². The Morgan fingerprint density at radius 2 is 1.80 bits per heavy atom. The number of rotatable bonds is 3. The summed E-state index contributed by atoms with van der Waals surface area (Å²) < 4.78 is 21.6. The number of hydrogen-bond acceptors (Lipinski definition) is 6. The number of benzene rings is 3. The van der Waals surface area contributed by atoms with Crippen LogP contribution < -0.4 is 18.9 Å². The lowest BCUT2D eigenvalue weighted by molar-refractivity contribution is 0.0734. The summed E-state index contributed by atoms with van der Waals surface area (Å²) in [5.74, 6) is 0.952. The maximum Gasteiger partial charge on any atom is 0.343 e. The third-order valence-electron chi connectivity index (χ3n) is 4.65. The number of hydrogen-bond donors (Lipinski definition) is 0. The van der Waals surface area contributed by atoms with E-state index in [0.29, 0.717) is 39.0 Å². The number of halogens is 1. The first-order chi connectivity index (χ1) is 14.6. The van der Waals surface area contributed by atoms with Gasteiger partial charge in [-0.3, -0.25) is 4.79 Å². The Morgan fingerprint density at radius 1 is 0.967 bits per heavy atom. The van der Waals surface area contributed by atoms with Crippen LogP contribution in [-0.4, -0.2) is 18.5 Å². The van der Waals surface area contributed by atoms with Crippen LogP contribution in [0, 0.1) is 0 Å². The molecular weight excluding hydrogens is 408 g/mol. The molecule has 0 spiro atoms. The molecule has 2 aliphatic rings. The van der Waals surface area contributed by atoms with Crippen molar-refractivity contribution in [3.63, 3.8) is 0 Å². The van der Waals surface area contributed by atoms with Crippen LogP contribution in [0.1, 0.15) is 26.3 Å². The van der Waals surface area contributed by atoms with Crippen molar-refractivity contribution in [1.82, 2.24) is 0 Å². The van der Waals surface area contributed by atoms with Gasteiger partial charge < -0.3 is 18.9 Å². The smallest absolute Gasteiger partial charge is 0.343 e. The molecular formula is C23H13ClO6. The van der Waals surface area contributed by atoms with E-state index in [1.165, 1.54) is 6.07 Å². The average molecular weight is 421 g/mol. The van der Waals surface area contributed by atoms with Gasteiger partial charge >= 0.3 is 5.97 Å². The van der Waals surface area contributed by atoms with Crippen molar-refractivity contribution < 1.29 is 28.5 Å². The van der Waals surface area contributed by atoms with Gasteiger partial charge in [0, 0.05) is 11.1 Å². The van der Waals surface area contributed by atoms with Crippen LogP contribution in [0.15, 0.2) is 66.4 Å². The largest absolute Gasteiger partial charge is 0.454 e. The third kappa shape index (κ3) is 3.27. The summed E-state index contributed by atoms with van der Waals surface area (Å²) in [5.41, 5.74) is 1.37. The molecule has 2 heterocycles. The summed E-state index contributed by atoms with van der Waals surface area (Å²) in [6, 6.07) is 16.5. The molecule has 0 saturated carbocycles. The molecule has 2 aliphatic heterocycles. The number of ether oxygens (including phenoxy) is 4. The van der Waals surface area contributed by atoms with E-state index in [4.69, 9.17) is 30.5 Å². The first-order valence-corrected chi connectivity index (χ1v) is 9.41. The van der Waals surface area contributed by atoms with Crippen LogP contribution in [0.2, 0.25) is 5.02 Å². The van der Waals surface area contributed by atoms with Gasteiger partial charge in [0.15, 0.2) is 17.3 Å². The maximum absolute atomic E-state index is 12.6. The van der Waals surface area contributed by atoms with E-state index >= 15 is 0 Å². The Hall–Kier alpha value is -3.77. The summed E-state index contributed by atoms with van der Waals surface area (Å²) in [6.07, 6.45) is 1.59. The lowest BCUT2D eigenvalue weighted by atomic mass is 10.1. The van der Waals surface area contributed by atoms with Gasteiger partial charge in [0.25, 0.3) is 0 Å². The van der Waals surface area contributed by atoms with E-state index in [0.717, 1.165) is 0 Å². The third-order valence-corrected chi connectivity index (χ3v) is 5.00. The lowest BCUT2D eigenvalue weighted by Gasteiger charge is -2.06. The monoisotopic (exact) mass is 420 g/mol. The predicted molar refractivity (Wildman–Crippen MR) is 108 cm³/mol. The summed E-state index contributed by atoms with van der Waals surface area (Å²) in [6.45, 7) is 0.119. The van der Waals surface area contributed by atoms with Crippen LogP contribution in [0.5, 0.6) is 23.0 Å². The summed E-state index contributed by atoms with van der Waals surface area (Å²) in [4.78, 5) is 25.1. The van der Waals surface area contributed by atoms with Gasteiger partial charge in [0.2, 0.25) is 12.6 Å². The fourth-order valence-corrected chi connectivity index (χ4v) is 3.34. The van der Waals surface area contributed by atoms with Gasteiger partial charge in [-0.05, 0) is 48.0 Å². The summed E-state index contributed by atoms with van der Waals surface area (Å²) in [7, 11) is 0. The van der Waals surface area contributed by atoms with E-state index in [1.807, 2.05) is 6.07 Å². The highest BCUT2D eigenvalue weighted by Gasteiger charge is 2.28. The summed E-state index contributed by atoms with van der Waals surface area (Å²) >= 11 is 6.15. The zero-order chi connectivity index (χ0) is 20.7. The van der Waals surface area contributed by atoms with Crippen molar-refractivity contribution in [3.8, 4) is 23.0 Å².